The highest BCUT2D eigenvalue weighted by Crippen LogP contribution is 2.21. The van der Waals surface area contributed by atoms with Gasteiger partial charge in [-0.25, -0.2) is 0 Å². The summed E-state index contributed by atoms with van der Waals surface area (Å²) in [6.45, 7) is 0.383. The number of aromatic nitrogens is 2. The van der Waals surface area contributed by atoms with Crippen LogP contribution in [0.15, 0.2) is 53.3 Å². The Morgan fingerprint density at radius 3 is 2.65 bits per heavy atom. The van der Waals surface area contributed by atoms with Crippen molar-refractivity contribution >= 4 is 29.1 Å². The van der Waals surface area contributed by atoms with Gasteiger partial charge in [0, 0.05) is 22.2 Å². The van der Waals surface area contributed by atoms with Crippen molar-refractivity contribution in [3.63, 3.8) is 0 Å². The molecule has 0 saturated heterocycles. The zero-order valence-corrected chi connectivity index (χ0v) is 15.1. The molecule has 26 heavy (non-hydrogen) atoms. The van der Waals surface area contributed by atoms with Gasteiger partial charge in [0.25, 0.3) is 5.91 Å². The highest BCUT2D eigenvalue weighted by atomic mass is 35.5. The van der Waals surface area contributed by atoms with Gasteiger partial charge >= 0.3 is 0 Å². The minimum absolute atomic E-state index is 0.0751. The summed E-state index contributed by atoms with van der Waals surface area (Å²) < 4.78 is 10.6. The Labute approximate surface area is 160 Å². The van der Waals surface area contributed by atoms with Gasteiger partial charge in [-0.3, -0.25) is 4.79 Å². The van der Waals surface area contributed by atoms with Crippen LogP contribution in [0, 0.1) is 0 Å². The number of nitrogens with zero attached hydrogens (tertiary/aromatic N) is 2. The van der Waals surface area contributed by atoms with Gasteiger partial charge in [-0.15, -0.1) is 10.2 Å². The van der Waals surface area contributed by atoms with Gasteiger partial charge in [-0.2, -0.15) is 0 Å². The molecule has 1 N–H and O–H groups in total. The van der Waals surface area contributed by atoms with E-state index in [2.05, 4.69) is 15.5 Å². The van der Waals surface area contributed by atoms with Crippen LogP contribution in [0.1, 0.15) is 5.56 Å². The summed E-state index contributed by atoms with van der Waals surface area (Å²) >= 11 is 12.0. The van der Waals surface area contributed by atoms with Gasteiger partial charge in [-0.1, -0.05) is 29.3 Å². The van der Waals surface area contributed by atoms with Crippen molar-refractivity contribution in [2.45, 2.75) is 6.42 Å². The van der Waals surface area contributed by atoms with Crippen LogP contribution in [0.25, 0.3) is 11.5 Å². The Morgan fingerprint density at radius 2 is 1.96 bits per heavy atom. The van der Waals surface area contributed by atoms with Gasteiger partial charge in [-0.05, 0) is 48.4 Å². The van der Waals surface area contributed by atoms with Crippen molar-refractivity contribution in [2.75, 3.05) is 13.2 Å². The largest absolute Gasteiger partial charge is 0.484 e. The van der Waals surface area contributed by atoms with E-state index in [1.807, 2.05) is 6.07 Å². The predicted molar refractivity (Wildman–Crippen MR) is 98.4 cm³/mol. The van der Waals surface area contributed by atoms with Gasteiger partial charge in [0.05, 0.1) is 0 Å². The maximum Gasteiger partial charge on any atom is 0.257 e. The number of hydrogen-bond acceptors (Lipinski definition) is 5. The molecule has 0 saturated carbocycles. The summed E-state index contributed by atoms with van der Waals surface area (Å²) in [7, 11) is 0. The van der Waals surface area contributed by atoms with Gasteiger partial charge in [0.1, 0.15) is 5.75 Å². The van der Waals surface area contributed by atoms with Crippen molar-refractivity contribution in [2.24, 2.45) is 0 Å². The Hall–Kier alpha value is -2.57. The number of rotatable bonds is 7. The molecule has 1 heterocycles. The second kappa shape index (κ2) is 8.69. The first-order valence-corrected chi connectivity index (χ1v) is 8.57. The maximum atomic E-state index is 11.9. The molecule has 1 amide bonds. The molecule has 0 fully saturated rings. The van der Waals surface area contributed by atoms with Crippen molar-refractivity contribution in [3.05, 3.63) is 64.5 Å². The predicted octanol–water partition coefficient (Wildman–Crippen LogP) is 3.78. The normalized spacial score (nSPS) is 10.5. The lowest BCUT2D eigenvalue weighted by molar-refractivity contribution is -0.123. The van der Waals surface area contributed by atoms with Crippen LogP contribution in [0.2, 0.25) is 10.0 Å². The van der Waals surface area contributed by atoms with Crippen LogP contribution >= 0.6 is 23.2 Å². The number of carbonyl (C=O) groups is 1. The molecule has 6 nitrogen and oxygen atoms in total. The molecule has 0 atom stereocenters. The number of amides is 1. The summed E-state index contributed by atoms with van der Waals surface area (Å²) in [5.41, 5.74) is 1.70. The van der Waals surface area contributed by atoms with Crippen LogP contribution in [0.3, 0.4) is 0 Å². The van der Waals surface area contributed by atoms with Crippen molar-refractivity contribution in [3.8, 4) is 17.2 Å². The van der Waals surface area contributed by atoms with E-state index in [4.69, 9.17) is 32.4 Å². The van der Waals surface area contributed by atoms with E-state index in [1.165, 1.54) is 6.39 Å². The number of hydrogen-bond donors (Lipinski definition) is 1. The van der Waals surface area contributed by atoms with Crippen LogP contribution in [-0.4, -0.2) is 29.3 Å². The third kappa shape index (κ3) is 4.97. The third-order valence-electron chi connectivity index (χ3n) is 3.56. The number of halogens is 2. The van der Waals surface area contributed by atoms with E-state index < -0.39 is 0 Å². The molecular formula is C18H15Cl2N3O3. The second-order valence-electron chi connectivity index (χ2n) is 5.39. The lowest BCUT2D eigenvalue weighted by Crippen LogP contribution is -2.30. The topological polar surface area (TPSA) is 77.2 Å². The Morgan fingerprint density at radius 1 is 1.15 bits per heavy atom. The van der Waals surface area contributed by atoms with E-state index in [0.29, 0.717) is 34.7 Å². The lowest BCUT2D eigenvalue weighted by Gasteiger charge is -2.09. The van der Waals surface area contributed by atoms with Gasteiger partial charge in [0.2, 0.25) is 12.3 Å². The number of ether oxygens (including phenoxy) is 1. The average Bonchev–Trinajstić information content (AvgIpc) is 3.17. The molecule has 3 rings (SSSR count). The fraction of sp³-hybridized carbons (Fsp3) is 0.167. The Bertz CT molecular complexity index is 868. The standard InChI is InChI=1S/C18H15Cl2N3O3/c19-14-4-1-12(16(20)9-14)7-8-21-17(24)10-25-15-5-2-13(3-6-15)18-23-22-11-26-18/h1-6,9,11H,7-8,10H2,(H,21,24). The maximum absolute atomic E-state index is 11.9. The lowest BCUT2D eigenvalue weighted by atomic mass is 10.1. The number of benzene rings is 2. The number of nitrogens with one attached hydrogen (secondary N) is 1. The van der Waals surface area contributed by atoms with E-state index in [1.54, 1.807) is 36.4 Å². The summed E-state index contributed by atoms with van der Waals surface area (Å²) in [6, 6.07) is 12.3. The van der Waals surface area contributed by atoms with Crippen molar-refractivity contribution < 1.29 is 13.9 Å². The van der Waals surface area contributed by atoms with Gasteiger partial charge < -0.3 is 14.5 Å². The molecule has 0 aliphatic heterocycles. The fourth-order valence-electron chi connectivity index (χ4n) is 2.25. The second-order valence-corrected chi connectivity index (χ2v) is 6.24. The summed E-state index contributed by atoms with van der Waals surface area (Å²) in [6.07, 6.45) is 1.88. The van der Waals surface area contributed by atoms with Crippen molar-refractivity contribution in [1.82, 2.24) is 15.5 Å². The highest BCUT2D eigenvalue weighted by Gasteiger charge is 2.06. The SMILES string of the molecule is O=C(COc1ccc(-c2nnco2)cc1)NCCc1ccc(Cl)cc1Cl. The molecule has 0 spiro atoms. The van der Waals surface area contributed by atoms with E-state index in [0.717, 1.165) is 11.1 Å². The molecule has 3 aromatic rings. The first kappa shape index (κ1) is 18.2. The Balaban J connectivity index is 1.42. The molecule has 0 aliphatic carbocycles. The van der Waals surface area contributed by atoms with Crippen LogP contribution in [0.5, 0.6) is 5.75 Å². The van der Waals surface area contributed by atoms with E-state index in [-0.39, 0.29) is 12.5 Å². The van der Waals surface area contributed by atoms with Crippen LogP contribution in [-0.2, 0) is 11.2 Å². The van der Waals surface area contributed by atoms with E-state index in [9.17, 15) is 4.79 Å². The first-order valence-electron chi connectivity index (χ1n) is 7.82. The molecule has 2 aromatic carbocycles. The molecule has 134 valence electrons. The average molecular weight is 392 g/mol. The zero-order valence-electron chi connectivity index (χ0n) is 13.6. The zero-order chi connectivity index (χ0) is 18.4. The minimum atomic E-state index is -0.212. The van der Waals surface area contributed by atoms with Crippen molar-refractivity contribution in [1.29, 1.82) is 0 Å². The smallest absolute Gasteiger partial charge is 0.257 e. The molecule has 0 unspecified atom stereocenters. The molecule has 0 radical (unpaired) electrons. The van der Waals surface area contributed by atoms with Crippen LogP contribution < -0.4 is 10.1 Å². The summed E-state index contributed by atoms with van der Waals surface area (Å²) in [4.78, 5) is 11.9. The fourth-order valence-corrected chi connectivity index (χ4v) is 2.76. The molecule has 1 aromatic heterocycles. The first-order chi connectivity index (χ1) is 12.6. The number of carbonyl (C=O) groups excluding carboxylic acids is 1. The molecule has 0 aliphatic rings. The molecular weight excluding hydrogens is 377 g/mol. The molecule has 0 bridgehead atoms. The summed E-state index contributed by atoms with van der Waals surface area (Å²) in [5.74, 6) is 0.787. The van der Waals surface area contributed by atoms with Gasteiger partial charge in [0.15, 0.2) is 6.61 Å². The Kier molecular flexibility index (Phi) is 6.09. The van der Waals surface area contributed by atoms with Crippen LogP contribution in [0.4, 0.5) is 0 Å². The molecule has 8 heteroatoms. The third-order valence-corrected chi connectivity index (χ3v) is 4.15. The van der Waals surface area contributed by atoms with E-state index >= 15 is 0 Å². The summed E-state index contributed by atoms with van der Waals surface area (Å²) in [5, 5.41) is 11.4. The quantitative estimate of drug-likeness (QED) is 0.662. The monoisotopic (exact) mass is 391 g/mol. The highest BCUT2D eigenvalue weighted by molar-refractivity contribution is 6.35. The minimum Gasteiger partial charge on any atom is -0.484 e.